The van der Waals surface area contributed by atoms with Gasteiger partial charge in [0.15, 0.2) is 0 Å². The number of likely N-dealkylation sites (N-methyl/N-ethyl adjacent to an activating group) is 1. The standard InChI is InChI=1S/C10H21N3O2/c1-7(11)9-6-13(4-5-15-9)8(2)10(14)12-3/h7-9H,4-6,11H2,1-3H3,(H,12,14). The molecule has 0 bridgehead atoms. The second-order valence-corrected chi connectivity index (χ2v) is 4.05. The second kappa shape index (κ2) is 5.44. The summed E-state index contributed by atoms with van der Waals surface area (Å²) >= 11 is 0. The Morgan fingerprint density at radius 1 is 1.60 bits per heavy atom. The lowest BCUT2D eigenvalue weighted by Gasteiger charge is -2.37. The molecule has 0 saturated carbocycles. The van der Waals surface area contributed by atoms with Crippen LogP contribution in [0.2, 0.25) is 0 Å². The van der Waals surface area contributed by atoms with Gasteiger partial charge in [0.25, 0.3) is 0 Å². The van der Waals surface area contributed by atoms with Crippen molar-refractivity contribution < 1.29 is 9.53 Å². The number of rotatable bonds is 3. The minimum absolute atomic E-state index is 0.00434. The van der Waals surface area contributed by atoms with Gasteiger partial charge >= 0.3 is 0 Å². The van der Waals surface area contributed by atoms with Crippen LogP contribution in [0.5, 0.6) is 0 Å². The zero-order chi connectivity index (χ0) is 11.4. The van der Waals surface area contributed by atoms with Crippen LogP contribution in [0, 0.1) is 0 Å². The summed E-state index contributed by atoms with van der Waals surface area (Å²) in [5.74, 6) is 0.0420. The minimum Gasteiger partial charge on any atom is -0.374 e. The van der Waals surface area contributed by atoms with E-state index in [0.29, 0.717) is 6.61 Å². The lowest BCUT2D eigenvalue weighted by molar-refractivity contribution is -0.129. The molecule has 1 aliphatic rings. The summed E-state index contributed by atoms with van der Waals surface area (Å²) < 4.78 is 5.53. The summed E-state index contributed by atoms with van der Waals surface area (Å²) in [4.78, 5) is 13.6. The van der Waals surface area contributed by atoms with Crippen LogP contribution in [-0.4, -0.2) is 55.7 Å². The maximum Gasteiger partial charge on any atom is 0.236 e. The summed E-state index contributed by atoms with van der Waals surface area (Å²) in [7, 11) is 1.66. The third-order valence-corrected chi connectivity index (χ3v) is 2.88. The first-order valence-electron chi connectivity index (χ1n) is 5.39. The Morgan fingerprint density at radius 2 is 2.27 bits per heavy atom. The summed E-state index contributed by atoms with van der Waals surface area (Å²) in [5.41, 5.74) is 5.79. The van der Waals surface area contributed by atoms with Gasteiger partial charge in [-0.2, -0.15) is 0 Å². The molecule has 15 heavy (non-hydrogen) atoms. The lowest BCUT2D eigenvalue weighted by Crippen LogP contribution is -2.55. The van der Waals surface area contributed by atoms with E-state index in [9.17, 15) is 4.79 Å². The highest BCUT2D eigenvalue weighted by atomic mass is 16.5. The molecule has 3 atom stereocenters. The maximum absolute atomic E-state index is 11.5. The molecule has 0 aromatic carbocycles. The number of ether oxygens (including phenoxy) is 1. The Hall–Kier alpha value is -0.650. The lowest BCUT2D eigenvalue weighted by atomic mass is 10.1. The zero-order valence-corrected chi connectivity index (χ0v) is 9.69. The highest BCUT2D eigenvalue weighted by Gasteiger charge is 2.28. The second-order valence-electron chi connectivity index (χ2n) is 4.05. The predicted molar refractivity (Wildman–Crippen MR) is 58.5 cm³/mol. The van der Waals surface area contributed by atoms with Gasteiger partial charge < -0.3 is 15.8 Å². The van der Waals surface area contributed by atoms with Gasteiger partial charge in [-0.05, 0) is 13.8 Å². The first kappa shape index (κ1) is 12.4. The summed E-state index contributed by atoms with van der Waals surface area (Å²) in [6, 6.07) is -0.107. The summed E-state index contributed by atoms with van der Waals surface area (Å²) in [5, 5.41) is 2.65. The van der Waals surface area contributed by atoms with E-state index in [2.05, 4.69) is 10.2 Å². The van der Waals surface area contributed by atoms with Crippen LogP contribution in [0.4, 0.5) is 0 Å². The third kappa shape index (κ3) is 3.15. The molecular formula is C10H21N3O2. The Balaban J connectivity index is 2.52. The van der Waals surface area contributed by atoms with Gasteiger partial charge in [0, 0.05) is 26.2 Å². The van der Waals surface area contributed by atoms with E-state index in [1.54, 1.807) is 7.05 Å². The first-order valence-corrected chi connectivity index (χ1v) is 5.39. The van der Waals surface area contributed by atoms with Crippen LogP contribution in [0.25, 0.3) is 0 Å². The van der Waals surface area contributed by atoms with Crippen molar-refractivity contribution in [3.63, 3.8) is 0 Å². The van der Waals surface area contributed by atoms with E-state index in [1.165, 1.54) is 0 Å². The number of carbonyl (C=O) groups is 1. The monoisotopic (exact) mass is 215 g/mol. The van der Waals surface area contributed by atoms with E-state index in [-0.39, 0.29) is 24.1 Å². The summed E-state index contributed by atoms with van der Waals surface area (Å²) in [6.07, 6.45) is 0.0332. The number of carbonyl (C=O) groups excluding carboxylic acids is 1. The van der Waals surface area contributed by atoms with Crippen molar-refractivity contribution in [2.45, 2.75) is 32.0 Å². The molecular weight excluding hydrogens is 194 g/mol. The average Bonchev–Trinajstić information content (AvgIpc) is 2.27. The fourth-order valence-electron chi connectivity index (χ4n) is 1.74. The van der Waals surface area contributed by atoms with Crippen molar-refractivity contribution in [2.24, 2.45) is 5.73 Å². The van der Waals surface area contributed by atoms with Gasteiger partial charge in [-0.25, -0.2) is 0 Å². The number of nitrogens with one attached hydrogen (secondary N) is 1. The van der Waals surface area contributed by atoms with Crippen molar-refractivity contribution in [1.29, 1.82) is 0 Å². The molecule has 3 unspecified atom stereocenters. The number of hydrogen-bond acceptors (Lipinski definition) is 4. The van der Waals surface area contributed by atoms with Crippen molar-refractivity contribution in [1.82, 2.24) is 10.2 Å². The molecule has 1 heterocycles. The van der Waals surface area contributed by atoms with E-state index in [1.807, 2.05) is 13.8 Å². The minimum atomic E-state index is -0.111. The van der Waals surface area contributed by atoms with E-state index < -0.39 is 0 Å². The maximum atomic E-state index is 11.5. The van der Waals surface area contributed by atoms with Gasteiger partial charge in [0.1, 0.15) is 0 Å². The molecule has 88 valence electrons. The Labute approximate surface area is 90.9 Å². The van der Waals surface area contributed by atoms with Gasteiger partial charge in [0.05, 0.1) is 18.8 Å². The average molecular weight is 215 g/mol. The van der Waals surface area contributed by atoms with Gasteiger partial charge in [0.2, 0.25) is 5.91 Å². The van der Waals surface area contributed by atoms with Crippen LogP contribution < -0.4 is 11.1 Å². The van der Waals surface area contributed by atoms with E-state index >= 15 is 0 Å². The van der Waals surface area contributed by atoms with Crippen LogP contribution in [0.15, 0.2) is 0 Å². The number of amides is 1. The smallest absolute Gasteiger partial charge is 0.236 e. The van der Waals surface area contributed by atoms with Gasteiger partial charge in [-0.3, -0.25) is 9.69 Å². The fourth-order valence-corrected chi connectivity index (χ4v) is 1.74. The SMILES string of the molecule is CNC(=O)C(C)N1CCOC(C(C)N)C1. The Kier molecular flexibility index (Phi) is 4.50. The normalized spacial score (nSPS) is 27.1. The molecule has 1 fully saturated rings. The topological polar surface area (TPSA) is 67.6 Å². The molecule has 3 N–H and O–H groups in total. The number of nitrogens with two attached hydrogens (primary N) is 1. The Bertz CT molecular complexity index is 221. The largest absolute Gasteiger partial charge is 0.374 e. The number of morpholine rings is 1. The molecule has 1 saturated heterocycles. The van der Waals surface area contributed by atoms with Crippen LogP contribution >= 0.6 is 0 Å². The molecule has 0 aromatic heterocycles. The van der Waals surface area contributed by atoms with Crippen molar-refractivity contribution in [3.05, 3.63) is 0 Å². The molecule has 1 aliphatic heterocycles. The van der Waals surface area contributed by atoms with Gasteiger partial charge in [-0.1, -0.05) is 0 Å². The molecule has 1 rings (SSSR count). The van der Waals surface area contributed by atoms with Gasteiger partial charge in [-0.15, -0.1) is 0 Å². The zero-order valence-electron chi connectivity index (χ0n) is 9.69. The van der Waals surface area contributed by atoms with Crippen LogP contribution in [0.3, 0.4) is 0 Å². The quantitative estimate of drug-likeness (QED) is 0.645. The molecule has 5 heteroatoms. The molecule has 5 nitrogen and oxygen atoms in total. The first-order chi connectivity index (χ1) is 7.06. The van der Waals surface area contributed by atoms with Crippen molar-refractivity contribution in [3.8, 4) is 0 Å². The van der Waals surface area contributed by atoms with Crippen molar-refractivity contribution in [2.75, 3.05) is 26.7 Å². The van der Waals surface area contributed by atoms with Crippen molar-refractivity contribution >= 4 is 5.91 Å². The molecule has 0 aromatic rings. The Morgan fingerprint density at radius 3 is 2.80 bits per heavy atom. The molecule has 1 amide bonds. The highest BCUT2D eigenvalue weighted by molar-refractivity contribution is 5.80. The van der Waals surface area contributed by atoms with Crippen LogP contribution in [-0.2, 0) is 9.53 Å². The number of nitrogens with zero attached hydrogens (tertiary/aromatic N) is 1. The fraction of sp³-hybridized carbons (Fsp3) is 0.900. The van der Waals surface area contributed by atoms with E-state index in [4.69, 9.17) is 10.5 Å². The summed E-state index contributed by atoms with van der Waals surface area (Å²) in [6.45, 7) is 6.00. The third-order valence-electron chi connectivity index (χ3n) is 2.88. The van der Waals surface area contributed by atoms with Crippen LogP contribution in [0.1, 0.15) is 13.8 Å². The molecule has 0 aliphatic carbocycles. The highest BCUT2D eigenvalue weighted by Crippen LogP contribution is 2.10. The number of hydrogen-bond donors (Lipinski definition) is 2. The molecule has 0 spiro atoms. The molecule has 0 radical (unpaired) electrons. The van der Waals surface area contributed by atoms with E-state index in [0.717, 1.165) is 13.1 Å². The predicted octanol–water partition coefficient (Wildman–Crippen LogP) is -0.831.